The molecule has 0 N–H and O–H groups in total. The first kappa shape index (κ1) is 11.1. The molecule has 1 rings (SSSR count). The Morgan fingerprint density at radius 1 is 1.29 bits per heavy atom. The second kappa shape index (κ2) is 5.05. The summed E-state index contributed by atoms with van der Waals surface area (Å²) in [7, 11) is 0. The van der Waals surface area contributed by atoms with Crippen LogP contribution in [0.2, 0.25) is 0 Å². The smallest absolute Gasteiger partial charge is 0.249 e. The number of rotatable bonds is 4. The minimum atomic E-state index is -2.71. The number of benzene rings is 1. The summed E-state index contributed by atoms with van der Waals surface area (Å²) >= 11 is 5.07. The first-order valence-corrected chi connectivity index (χ1v) is 4.50. The molecule has 0 fully saturated rings. The van der Waals surface area contributed by atoms with Gasteiger partial charge >= 0.3 is 0 Å². The summed E-state index contributed by atoms with van der Waals surface area (Å²) in [6.07, 6.45) is -2.72. The molecule has 0 aliphatic rings. The fourth-order valence-electron chi connectivity index (χ4n) is 1.14. The van der Waals surface area contributed by atoms with Crippen LogP contribution in [0.15, 0.2) is 30.3 Å². The molecule has 0 saturated heterocycles. The summed E-state index contributed by atoms with van der Waals surface area (Å²) in [5, 5.41) is -0.983. The Hall–Kier alpha value is -0.960. The van der Waals surface area contributed by atoms with E-state index in [1.54, 1.807) is 30.3 Å². The van der Waals surface area contributed by atoms with Crippen molar-refractivity contribution < 1.29 is 13.6 Å². The first-order chi connectivity index (χ1) is 6.61. The fraction of sp³-hybridized carbons (Fsp3) is 0.300. The average Bonchev–Trinajstić information content (AvgIpc) is 2.15. The van der Waals surface area contributed by atoms with Crippen molar-refractivity contribution in [2.45, 2.75) is 12.8 Å². The third kappa shape index (κ3) is 3.07. The highest BCUT2D eigenvalue weighted by Crippen LogP contribution is 2.18. The van der Waals surface area contributed by atoms with Crippen molar-refractivity contribution in [3.8, 4) is 0 Å². The Morgan fingerprint density at radius 2 is 1.86 bits per heavy atom. The molecule has 1 aromatic carbocycles. The van der Waals surface area contributed by atoms with Gasteiger partial charge in [0.25, 0.3) is 0 Å². The van der Waals surface area contributed by atoms with Crippen LogP contribution in [-0.2, 0) is 11.2 Å². The Morgan fingerprint density at radius 3 is 2.29 bits per heavy atom. The van der Waals surface area contributed by atoms with Crippen molar-refractivity contribution >= 4 is 16.8 Å². The van der Waals surface area contributed by atoms with Gasteiger partial charge in [0.15, 0.2) is 0 Å². The fourth-order valence-corrected chi connectivity index (χ4v) is 1.31. The van der Waals surface area contributed by atoms with Crippen molar-refractivity contribution in [3.05, 3.63) is 35.9 Å². The lowest BCUT2D eigenvalue weighted by Crippen LogP contribution is -2.20. The number of hydrogen-bond acceptors (Lipinski definition) is 1. The molecule has 76 valence electrons. The second-order valence-corrected chi connectivity index (χ2v) is 3.31. The Balaban J connectivity index is 2.70. The summed E-state index contributed by atoms with van der Waals surface area (Å²) in [6, 6.07) is 8.63. The number of alkyl halides is 2. The minimum Gasteiger partial charge on any atom is -0.281 e. The summed E-state index contributed by atoms with van der Waals surface area (Å²) < 4.78 is 24.7. The van der Waals surface area contributed by atoms with Gasteiger partial charge < -0.3 is 0 Å². The van der Waals surface area contributed by atoms with E-state index in [1.165, 1.54) is 0 Å². The monoisotopic (exact) mass is 218 g/mol. The van der Waals surface area contributed by atoms with E-state index in [1.807, 2.05) is 0 Å². The maximum atomic E-state index is 12.3. The number of halogens is 3. The summed E-state index contributed by atoms with van der Waals surface area (Å²) in [4.78, 5) is 10.7. The predicted molar refractivity (Wildman–Crippen MR) is 50.5 cm³/mol. The quantitative estimate of drug-likeness (QED) is 0.711. The van der Waals surface area contributed by atoms with Gasteiger partial charge in [-0.15, -0.1) is 0 Å². The Kier molecular flexibility index (Phi) is 4.01. The lowest BCUT2D eigenvalue weighted by molar-refractivity contribution is -0.119. The zero-order valence-corrected chi connectivity index (χ0v) is 8.05. The van der Waals surface area contributed by atoms with Crippen LogP contribution in [0.4, 0.5) is 8.78 Å². The first-order valence-electron chi connectivity index (χ1n) is 4.12. The van der Waals surface area contributed by atoms with Crippen molar-refractivity contribution in [2.24, 2.45) is 5.92 Å². The highest BCUT2D eigenvalue weighted by atomic mass is 35.5. The molecule has 0 aliphatic heterocycles. The zero-order valence-electron chi connectivity index (χ0n) is 7.29. The van der Waals surface area contributed by atoms with Crippen LogP contribution in [0.1, 0.15) is 5.56 Å². The highest BCUT2D eigenvalue weighted by Gasteiger charge is 2.26. The topological polar surface area (TPSA) is 17.1 Å². The Labute approximate surface area is 85.7 Å². The summed E-state index contributed by atoms with van der Waals surface area (Å²) in [5.41, 5.74) is 0.687. The molecule has 14 heavy (non-hydrogen) atoms. The normalized spacial score (nSPS) is 12.9. The zero-order chi connectivity index (χ0) is 10.6. The summed E-state index contributed by atoms with van der Waals surface area (Å²) in [5.74, 6) is -1.40. The van der Waals surface area contributed by atoms with Gasteiger partial charge in [-0.3, -0.25) is 4.79 Å². The predicted octanol–water partition coefficient (Wildman–Crippen LogP) is 2.88. The van der Waals surface area contributed by atoms with Gasteiger partial charge in [0, 0.05) is 0 Å². The molecule has 1 nitrogen and oxygen atoms in total. The van der Waals surface area contributed by atoms with Gasteiger partial charge in [-0.1, -0.05) is 30.3 Å². The lowest BCUT2D eigenvalue weighted by Gasteiger charge is -2.10. The third-order valence-corrected chi connectivity index (χ3v) is 2.17. The molecule has 0 aromatic heterocycles. The van der Waals surface area contributed by atoms with E-state index in [0.717, 1.165) is 0 Å². The van der Waals surface area contributed by atoms with Crippen molar-refractivity contribution in [1.82, 2.24) is 0 Å². The number of carbonyl (C=O) groups is 1. The van der Waals surface area contributed by atoms with Crippen molar-refractivity contribution in [3.63, 3.8) is 0 Å². The lowest BCUT2D eigenvalue weighted by atomic mass is 10.0. The van der Waals surface area contributed by atoms with Crippen LogP contribution in [0.25, 0.3) is 0 Å². The van der Waals surface area contributed by atoms with Crippen molar-refractivity contribution in [1.29, 1.82) is 0 Å². The number of hydrogen-bond donors (Lipinski definition) is 0. The van der Waals surface area contributed by atoms with Gasteiger partial charge in [-0.2, -0.15) is 0 Å². The molecule has 1 atom stereocenters. The molecule has 1 aromatic rings. The maximum Gasteiger partial charge on any atom is 0.249 e. The van der Waals surface area contributed by atoms with Crippen LogP contribution in [-0.4, -0.2) is 11.7 Å². The van der Waals surface area contributed by atoms with E-state index in [2.05, 4.69) is 0 Å². The molecule has 0 heterocycles. The van der Waals surface area contributed by atoms with E-state index in [-0.39, 0.29) is 6.42 Å². The molecule has 1 unspecified atom stereocenters. The largest absolute Gasteiger partial charge is 0.281 e. The van der Waals surface area contributed by atoms with Crippen LogP contribution in [0, 0.1) is 5.92 Å². The second-order valence-electron chi connectivity index (χ2n) is 2.93. The molecular formula is C10H9ClF2O. The van der Waals surface area contributed by atoms with Crippen LogP contribution in [0.5, 0.6) is 0 Å². The molecule has 0 saturated carbocycles. The van der Waals surface area contributed by atoms with E-state index in [4.69, 9.17) is 11.6 Å². The van der Waals surface area contributed by atoms with Crippen LogP contribution in [0.3, 0.4) is 0 Å². The third-order valence-electron chi connectivity index (χ3n) is 1.89. The Bertz CT molecular complexity index is 300. The van der Waals surface area contributed by atoms with E-state index in [0.29, 0.717) is 5.56 Å². The summed E-state index contributed by atoms with van der Waals surface area (Å²) in [6.45, 7) is 0. The standard InChI is InChI=1S/C10H9ClF2O/c11-9(14)8(10(12)13)6-7-4-2-1-3-5-7/h1-5,8,10H,6H2. The van der Waals surface area contributed by atoms with E-state index < -0.39 is 17.6 Å². The van der Waals surface area contributed by atoms with E-state index >= 15 is 0 Å². The minimum absolute atomic E-state index is 0.0131. The molecule has 0 radical (unpaired) electrons. The SMILES string of the molecule is O=C(Cl)C(Cc1ccccc1)C(F)F. The van der Waals surface area contributed by atoms with Gasteiger partial charge in [0.1, 0.15) is 0 Å². The average molecular weight is 219 g/mol. The number of carbonyl (C=O) groups excluding carboxylic acids is 1. The van der Waals surface area contributed by atoms with Crippen LogP contribution < -0.4 is 0 Å². The van der Waals surface area contributed by atoms with Gasteiger partial charge in [-0.05, 0) is 23.6 Å². The van der Waals surface area contributed by atoms with Crippen LogP contribution >= 0.6 is 11.6 Å². The van der Waals surface area contributed by atoms with Crippen molar-refractivity contribution in [2.75, 3.05) is 0 Å². The molecule has 4 heteroatoms. The highest BCUT2D eigenvalue weighted by molar-refractivity contribution is 6.64. The molecule has 0 amide bonds. The van der Waals surface area contributed by atoms with Gasteiger partial charge in [-0.25, -0.2) is 8.78 Å². The maximum absolute atomic E-state index is 12.3. The van der Waals surface area contributed by atoms with Gasteiger partial charge in [0.2, 0.25) is 11.7 Å². The molecule has 0 aliphatic carbocycles. The van der Waals surface area contributed by atoms with E-state index in [9.17, 15) is 13.6 Å². The molecular weight excluding hydrogens is 210 g/mol. The molecule has 0 bridgehead atoms. The van der Waals surface area contributed by atoms with Gasteiger partial charge in [0.05, 0.1) is 5.92 Å². The molecule has 0 spiro atoms.